The lowest BCUT2D eigenvalue weighted by atomic mass is 9.90. The summed E-state index contributed by atoms with van der Waals surface area (Å²) in [6.07, 6.45) is 2.93. The van der Waals surface area contributed by atoms with Crippen LogP contribution in [-0.4, -0.2) is 23.6 Å². The summed E-state index contributed by atoms with van der Waals surface area (Å²) in [4.78, 5) is 34.9. The van der Waals surface area contributed by atoms with Gasteiger partial charge in [0.2, 0.25) is 0 Å². The number of rotatable bonds is 4. The lowest BCUT2D eigenvalue weighted by Gasteiger charge is -2.39. The van der Waals surface area contributed by atoms with Crippen molar-refractivity contribution in [2.45, 2.75) is 38.9 Å². The van der Waals surface area contributed by atoms with Gasteiger partial charge in [0.1, 0.15) is 28.8 Å². The number of hydrogen-bond donors (Lipinski definition) is 0. The molecule has 3 aromatic rings. The predicted molar refractivity (Wildman–Crippen MR) is 118 cm³/mol. The van der Waals surface area contributed by atoms with Crippen molar-refractivity contribution in [1.82, 2.24) is 0 Å². The molecule has 7 nitrogen and oxygen atoms in total. The molecule has 0 saturated heterocycles. The molecule has 0 aliphatic carbocycles. The van der Waals surface area contributed by atoms with Crippen LogP contribution in [-0.2, 0) is 20.7 Å². The highest BCUT2D eigenvalue weighted by Crippen LogP contribution is 2.37. The van der Waals surface area contributed by atoms with Crippen molar-refractivity contribution in [3.05, 3.63) is 76.2 Å². The normalized spacial score (nSPS) is 16.9. The van der Waals surface area contributed by atoms with Gasteiger partial charge in [-0.15, -0.1) is 0 Å². The van der Waals surface area contributed by atoms with Crippen LogP contribution in [0, 0.1) is 0 Å². The van der Waals surface area contributed by atoms with Crippen molar-refractivity contribution in [2.75, 3.05) is 0 Å². The Morgan fingerprint density at radius 1 is 1.09 bits per heavy atom. The van der Waals surface area contributed by atoms with E-state index in [0.717, 1.165) is 16.5 Å². The maximum Gasteiger partial charge on any atom is 0.336 e. The maximum absolute atomic E-state index is 12.5. The molecule has 1 atom stereocenters. The number of fused-ring (bicyclic) bond motifs is 2. The predicted octanol–water partition coefficient (Wildman–Crippen LogP) is 4.06. The van der Waals surface area contributed by atoms with Crippen LogP contribution in [0.4, 0.5) is 0 Å². The molecule has 0 bridgehead atoms. The van der Waals surface area contributed by atoms with E-state index in [-0.39, 0.29) is 0 Å². The van der Waals surface area contributed by atoms with Crippen molar-refractivity contribution >= 4 is 29.0 Å². The molecule has 2 heterocycles. The van der Waals surface area contributed by atoms with Gasteiger partial charge in [-0.1, -0.05) is 12.1 Å². The minimum Gasteiger partial charge on any atom is -0.484 e. The molecule has 0 N–H and O–H groups in total. The Hall–Kier alpha value is -3.87. The van der Waals surface area contributed by atoms with Gasteiger partial charge in [-0.05, 0) is 55.3 Å². The summed E-state index contributed by atoms with van der Waals surface area (Å²) in [5, 5.41) is 0.772. The largest absolute Gasteiger partial charge is 0.484 e. The van der Waals surface area contributed by atoms with Crippen molar-refractivity contribution in [1.29, 1.82) is 0 Å². The van der Waals surface area contributed by atoms with Gasteiger partial charge >= 0.3 is 17.6 Å². The lowest BCUT2D eigenvalue weighted by molar-refractivity contribution is -0.155. The van der Waals surface area contributed by atoms with Crippen molar-refractivity contribution in [3.8, 4) is 11.5 Å². The molecule has 1 aliphatic heterocycles. The van der Waals surface area contributed by atoms with Gasteiger partial charge in [-0.2, -0.15) is 0 Å². The molecular formula is C25H22O7. The first-order valence-corrected chi connectivity index (χ1v) is 10.1. The summed E-state index contributed by atoms with van der Waals surface area (Å²) in [7, 11) is 0. The molecule has 7 heteroatoms. The van der Waals surface area contributed by atoms with E-state index in [0.29, 0.717) is 23.5 Å². The second kappa shape index (κ2) is 8.34. The molecule has 0 fully saturated rings. The van der Waals surface area contributed by atoms with E-state index in [1.54, 1.807) is 42.5 Å². The fourth-order valence-electron chi connectivity index (χ4n) is 3.53. The zero-order valence-electron chi connectivity index (χ0n) is 17.9. The van der Waals surface area contributed by atoms with E-state index < -0.39 is 29.3 Å². The summed E-state index contributed by atoms with van der Waals surface area (Å²) in [5.74, 6) is 0.149. The number of hydrogen-bond acceptors (Lipinski definition) is 7. The fourth-order valence-corrected chi connectivity index (χ4v) is 3.53. The Morgan fingerprint density at radius 3 is 2.56 bits per heavy atom. The third-order valence-corrected chi connectivity index (χ3v) is 5.17. The van der Waals surface area contributed by atoms with Crippen LogP contribution in [0.1, 0.15) is 31.9 Å². The van der Waals surface area contributed by atoms with Crippen LogP contribution in [0.15, 0.2) is 63.8 Å². The average molecular weight is 434 g/mol. The van der Waals surface area contributed by atoms with Gasteiger partial charge in [0, 0.05) is 36.9 Å². The highest BCUT2D eigenvalue weighted by atomic mass is 16.6. The summed E-state index contributed by atoms with van der Waals surface area (Å²) in [6.45, 7) is 5.02. The van der Waals surface area contributed by atoms with Gasteiger partial charge in [-0.3, -0.25) is 4.79 Å². The molecule has 2 aromatic carbocycles. The third kappa shape index (κ3) is 4.72. The fraction of sp³-hybridized carbons (Fsp3) is 0.240. The molecule has 0 radical (unpaired) electrons. The first-order chi connectivity index (χ1) is 15.2. The number of carbonyl (C=O) groups is 2. The van der Waals surface area contributed by atoms with Crippen LogP contribution < -0.4 is 15.1 Å². The van der Waals surface area contributed by atoms with Crippen molar-refractivity contribution < 1.29 is 28.2 Å². The van der Waals surface area contributed by atoms with E-state index in [1.807, 2.05) is 19.9 Å². The van der Waals surface area contributed by atoms with Crippen molar-refractivity contribution in [2.24, 2.45) is 0 Å². The van der Waals surface area contributed by atoms with E-state index in [1.165, 1.54) is 19.1 Å². The SMILES string of the molecule is CC(=O)Oc1ccc(/C=C/C(=O)O[C@H]2Cc3cc4ccc(=O)oc4cc3OC2(C)C)cc1. The van der Waals surface area contributed by atoms with Gasteiger partial charge in [0.25, 0.3) is 0 Å². The summed E-state index contributed by atoms with van der Waals surface area (Å²) >= 11 is 0. The second-order valence-corrected chi connectivity index (χ2v) is 8.08. The molecule has 0 spiro atoms. The van der Waals surface area contributed by atoms with E-state index in [4.69, 9.17) is 18.6 Å². The maximum atomic E-state index is 12.5. The molecule has 32 heavy (non-hydrogen) atoms. The van der Waals surface area contributed by atoms with Gasteiger partial charge in [-0.25, -0.2) is 9.59 Å². The lowest BCUT2D eigenvalue weighted by Crippen LogP contribution is -2.48. The van der Waals surface area contributed by atoms with E-state index in [9.17, 15) is 14.4 Å². The Bertz CT molecular complexity index is 1270. The molecule has 0 saturated carbocycles. The Balaban J connectivity index is 1.47. The molecule has 164 valence electrons. The Morgan fingerprint density at radius 2 is 1.84 bits per heavy atom. The molecular weight excluding hydrogens is 412 g/mol. The minimum absolute atomic E-state index is 0.395. The zero-order chi connectivity index (χ0) is 22.9. The summed E-state index contributed by atoms with van der Waals surface area (Å²) in [5.41, 5.74) is 0.881. The molecule has 1 aliphatic rings. The number of esters is 2. The minimum atomic E-state index is -0.773. The first-order valence-electron chi connectivity index (χ1n) is 10.1. The van der Waals surface area contributed by atoms with E-state index in [2.05, 4.69) is 0 Å². The number of carbonyl (C=O) groups excluding carboxylic acids is 2. The van der Waals surface area contributed by atoms with Crippen molar-refractivity contribution in [3.63, 3.8) is 0 Å². The monoisotopic (exact) mass is 434 g/mol. The zero-order valence-corrected chi connectivity index (χ0v) is 17.9. The highest BCUT2D eigenvalue weighted by molar-refractivity contribution is 5.87. The molecule has 0 amide bonds. The van der Waals surface area contributed by atoms with Crippen LogP contribution in [0.3, 0.4) is 0 Å². The first kappa shape index (κ1) is 21.4. The molecule has 0 unspecified atom stereocenters. The Labute approximate surface area is 184 Å². The van der Waals surface area contributed by atoms with E-state index >= 15 is 0 Å². The van der Waals surface area contributed by atoms with Crippen LogP contribution in [0.2, 0.25) is 0 Å². The number of benzene rings is 2. The summed E-state index contributed by atoms with van der Waals surface area (Å²) in [6, 6.07) is 13.4. The van der Waals surface area contributed by atoms with Gasteiger partial charge in [0.05, 0.1) is 0 Å². The van der Waals surface area contributed by atoms with Crippen LogP contribution in [0.25, 0.3) is 17.0 Å². The Kier molecular flexibility index (Phi) is 5.57. The second-order valence-electron chi connectivity index (χ2n) is 8.08. The van der Waals surface area contributed by atoms with Gasteiger partial charge < -0.3 is 18.6 Å². The number of ether oxygens (including phenoxy) is 3. The molecule has 4 rings (SSSR count). The third-order valence-electron chi connectivity index (χ3n) is 5.17. The summed E-state index contributed by atoms with van der Waals surface area (Å²) < 4.78 is 22.0. The van der Waals surface area contributed by atoms with Crippen LogP contribution in [0.5, 0.6) is 11.5 Å². The molecule has 1 aromatic heterocycles. The highest BCUT2D eigenvalue weighted by Gasteiger charge is 2.39. The standard InChI is InChI=1S/C25H22O7/c1-15(26)29-19-8-4-16(5-9-19)6-10-24(28)31-22-13-18-12-17-7-11-23(27)30-20(17)14-21(18)32-25(22,2)3/h4-12,14,22H,13H2,1-3H3/b10-6+/t22-/m0/s1. The van der Waals surface area contributed by atoms with Gasteiger partial charge in [0.15, 0.2) is 0 Å². The average Bonchev–Trinajstić information content (AvgIpc) is 2.72. The smallest absolute Gasteiger partial charge is 0.336 e. The van der Waals surface area contributed by atoms with Crippen LogP contribution >= 0.6 is 0 Å². The quantitative estimate of drug-likeness (QED) is 0.265. The topological polar surface area (TPSA) is 92.0 Å².